The van der Waals surface area contributed by atoms with Gasteiger partial charge in [-0.3, -0.25) is 0 Å². The molecule has 1 heterocycles. The van der Waals surface area contributed by atoms with E-state index in [4.69, 9.17) is 5.73 Å². The third kappa shape index (κ3) is 4.24. The molecule has 0 spiro atoms. The van der Waals surface area contributed by atoms with Gasteiger partial charge in [-0.05, 0) is 62.9 Å². The van der Waals surface area contributed by atoms with E-state index in [-0.39, 0.29) is 0 Å². The van der Waals surface area contributed by atoms with Gasteiger partial charge in [-0.25, -0.2) is 0 Å². The molecule has 2 nitrogen and oxygen atoms in total. The first kappa shape index (κ1) is 14.4. The van der Waals surface area contributed by atoms with Crippen LogP contribution in [0.4, 0.5) is 5.69 Å². The number of likely N-dealkylation sites (tertiary alicyclic amines) is 1. The Hall–Kier alpha value is -1.02. The molecule has 0 bridgehead atoms. The normalized spacial score (nSPS) is 22.9. The van der Waals surface area contributed by atoms with Crippen molar-refractivity contribution in [3.05, 3.63) is 29.8 Å². The summed E-state index contributed by atoms with van der Waals surface area (Å²) < 4.78 is 0. The lowest BCUT2D eigenvalue weighted by atomic mass is 9.97. The molecule has 0 aliphatic carbocycles. The van der Waals surface area contributed by atoms with Gasteiger partial charge in [0.2, 0.25) is 0 Å². The standard InChI is InChI=1S/C17H28N2/c1-14(16-7-9-17(18)10-8-16)11-13-19-12-5-3-4-6-15(19)2/h7-10,14-15H,3-6,11-13,18H2,1-2H3. The molecule has 0 amide bonds. The molecule has 0 saturated carbocycles. The number of benzene rings is 1. The monoisotopic (exact) mass is 260 g/mol. The lowest BCUT2D eigenvalue weighted by molar-refractivity contribution is 0.207. The highest BCUT2D eigenvalue weighted by molar-refractivity contribution is 5.40. The molecule has 1 fully saturated rings. The van der Waals surface area contributed by atoms with Crippen LogP contribution in [-0.2, 0) is 0 Å². The summed E-state index contributed by atoms with van der Waals surface area (Å²) in [6.07, 6.45) is 6.81. The summed E-state index contributed by atoms with van der Waals surface area (Å²) in [5, 5.41) is 0. The van der Waals surface area contributed by atoms with E-state index in [1.54, 1.807) is 0 Å². The number of nitrogens with zero attached hydrogens (tertiary/aromatic N) is 1. The van der Waals surface area contributed by atoms with Crippen LogP contribution in [0.2, 0.25) is 0 Å². The quantitative estimate of drug-likeness (QED) is 0.828. The molecule has 2 N–H and O–H groups in total. The summed E-state index contributed by atoms with van der Waals surface area (Å²) in [6.45, 7) is 7.23. The van der Waals surface area contributed by atoms with Crippen LogP contribution in [0.5, 0.6) is 0 Å². The third-order valence-corrected chi connectivity index (χ3v) is 4.55. The van der Waals surface area contributed by atoms with Gasteiger partial charge in [0.05, 0.1) is 0 Å². The van der Waals surface area contributed by atoms with Gasteiger partial charge in [0.1, 0.15) is 0 Å². The zero-order valence-corrected chi connectivity index (χ0v) is 12.4. The molecule has 0 aromatic heterocycles. The second-order valence-corrected chi connectivity index (χ2v) is 6.09. The van der Waals surface area contributed by atoms with E-state index in [0.29, 0.717) is 5.92 Å². The summed E-state index contributed by atoms with van der Waals surface area (Å²) in [5.74, 6) is 0.621. The molecule has 1 aliphatic rings. The first-order chi connectivity index (χ1) is 9.16. The van der Waals surface area contributed by atoms with Crippen LogP contribution < -0.4 is 5.73 Å². The summed E-state index contributed by atoms with van der Waals surface area (Å²) in [6, 6.07) is 9.14. The number of rotatable bonds is 4. The maximum Gasteiger partial charge on any atom is 0.0314 e. The molecule has 0 radical (unpaired) electrons. The summed E-state index contributed by atoms with van der Waals surface area (Å²) in [4.78, 5) is 2.68. The molecule has 1 aromatic carbocycles. The largest absolute Gasteiger partial charge is 0.399 e. The molecule has 1 saturated heterocycles. The topological polar surface area (TPSA) is 29.3 Å². The summed E-state index contributed by atoms with van der Waals surface area (Å²) in [7, 11) is 0. The summed E-state index contributed by atoms with van der Waals surface area (Å²) in [5.41, 5.74) is 8.02. The van der Waals surface area contributed by atoms with Crippen LogP contribution >= 0.6 is 0 Å². The van der Waals surface area contributed by atoms with Gasteiger partial charge in [0, 0.05) is 11.7 Å². The van der Waals surface area contributed by atoms with Gasteiger partial charge in [-0.15, -0.1) is 0 Å². The average Bonchev–Trinajstić information content (AvgIpc) is 2.61. The number of hydrogen-bond donors (Lipinski definition) is 1. The van der Waals surface area contributed by atoms with E-state index < -0.39 is 0 Å². The molecule has 106 valence electrons. The van der Waals surface area contributed by atoms with E-state index >= 15 is 0 Å². The number of hydrogen-bond acceptors (Lipinski definition) is 2. The molecule has 2 heteroatoms. The number of nitrogen functional groups attached to an aromatic ring is 1. The Morgan fingerprint density at radius 3 is 2.68 bits per heavy atom. The van der Waals surface area contributed by atoms with Crippen molar-refractivity contribution in [2.75, 3.05) is 18.8 Å². The van der Waals surface area contributed by atoms with E-state index in [9.17, 15) is 0 Å². The van der Waals surface area contributed by atoms with Crippen LogP contribution in [0, 0.1) is 0 Å². The van der Waals surface area contributed by atoms with Crippen molar-refractivity contribution >= 4 is 5.69 Å². The third-order valence-electron chi connectivity index (χ3n) is 4.55. The van der Waals surface area contributed by atoms with Crippen molar-refractivity contribution in [3.8, 4) is 0 Å². The lowest BCUT2D eigenvalue weighted by Crippen LogP contribution is -2.33. The van der Waals surface area contributed by atoms with E-state index in [0.717, 1.165) is 11.7 Å². The summed E-state index contributed by atoms with van der Waals surface area (Å²) >= 11 is 0. The molecule has 1 aromatic rings. The van der Waals surface area contributed by atoms with Crippen LogP contribution in [-0.4, -0.2) is 24.0 Å². The molecule has 1 aliphatic heterocycles. The minimum Gasteiger partial charge on any atom is -0.399 e. The first-order valence-electron chi connectivity index (χ1n) is 7.76. The van der Waals surface area contributed by atoms with Crippen LogP contribution in [0.3, 0.4) is 0 Å². The molecular formula is C17H28N2. The van der Waals surface area contributed by atoms with Gasteiger partial charge >= 0.3 is 0 Å². The van der Waals surface area contributed by atoms with Gasteiger partial charge in [-0.2, -0.15) is 0 Å². The van der Waals surface area contributed by atoms with Crippen molar-refractivity contribution in [1.82, 2.24) is 4.90 Å². The Balaban J connectivity index is 1.85. The fraction of sp³-hybridized carbons (Fsp3) is 0.647. The molecule has 2 atom stereocenters. The Morgan fingerprint density at radius 1 is 1.21 bits per heavy atom. The first-order valence-corrected chi connectivity index (χ1v) is 7.76. The highest BCUT2D eigenvalue weighted by Crippen LogP contribution is 2.23. The predicted molar refractivity (Wildman–Crippen MR) is 83.4 cm³/mol. The zero-order valence-electron chi connectivity index (χ0n) is 12.4. The Labute approximate surface area is 118 Å². The fourth-order valence-corrected chi connectivity index (χ4v) is 3.02. The highest BCUT2D eigenvalue weighted by atomic mass is 15.1. The van der Waals surface area contributed by atoms with Crippen molar-refractivity contribution in [3.63, 3.8) is 0 Å². The molecule has 19 heavy (non-hydrogen) atoms. The van der Waals surface area contributed by atoms with Crippen molar-refractivity contribution in [2.24, 2.45) is 0 Å². The highest BCUT2D eigenvalue weighted by Gasteiger charge is 2.17. The van der Waals surface area contributed by atoms with Gasteiger partial charge in [0.15, 0.2) is 0 Å². The van der Waals surface area contributed by atoms with E-state index in [1.165, 1.54) is 50.8 Å². The van der Waals surface area contributed by atoms with Crippen LogP contribution in [0.1, 0.15) is 57.4 Å². The fourth-order valence-electron chi connectivity index (χ4n) is 3.02. The SMILES string of the molecule is CC(CCN1CCCCCC1C)c1ccc(N)cc1. The van der Waals surface area contributed by atoms with E-state index in [1.807, 2.05) is 12.1 Å². The smallest absolute Gasteiger partial charge is 0.0314 e. The molecule has 2 unspecified atom stereocenters. The number of nitrogens with two attached hydrogens (primary N) is 1. The zero-order chi connectivity index (χ0) is 13.7. The van der Waals surface area contributed by atoms with Gasteiger partial charge < -0.3 is 10.6 Å². The Kier molecular flexibility index (Phi) is 5.26. The second kappa shape index (κ2) is 6.95. The maximum absolute atomic E-state index is 5.75. The van der Waals surface area contributed by atoms with Crippen LogP contribution in [0.25, 0.3) is 0 Å². The van der Waals surface area contributed by atoms with Crippen molar-refractivity contribution in [2.45, 2.75) is 57.9 Å². The van der Waals surface area contributed by atoms with Crippen LogP contribution in [0.15, 0.2) is 24.3 Å². The van der Waals surface area contributed by atoms with E-state index in [2.05, 4.69) is 30.9 Å². The minimum absolute atomic E-state index is 0.621. The maximum atomic E-state index is 5.75. The lowest BCUT2D eigenvalue weighted by Gasteiger charge is -2.28. The minimum atomic E-state index is 0.621. The number of anilines is 1. The molecule has 2 rings (SSSR count). The average molecular weight is 260 g/mol. The molecular weight excluding hydrogens is 232 g/mol. The Bertz CT molecular complexity index is 371. The Morgan fingerprint density at radius 2 is 1.95 bits per heavy atom. The van der Waals surface area contributed by atoms with Gasteiger partial charge in [0.25, 0.3) is 0 Å². The second-order valence-electron chi connectivity index (χ2n) is 6.09. The van der Waals surface area contributed by atoms with Crippen molar-refractivity contribution < 1.29 is 0 Å². The van der Waals surface area contributed by atoms with Crippen molar-refractivity contribution in [1.29, 1.82) is 0 Å². The predicted octanol–water partition coefficient (Wildman–Crippen LogP) is 4.03. The van der Waals surface area contributed by atoms with Gasteiger partial charge in [-0.1, -0.05) is 31.9 Å².